The maximum absolute atomic E-state index is 12.0. The quantitative estimate of drug-likeness (QED) is 0.539. The molecular weight excluding hydrogens is 378 g/mol. The van der Waals surface area contributed by atoms with E-state index in [2.05, 4.69) is 10.0 Å². The number of carbonyl (C=O) groups excluding carboxylic acids is 1. The molecule has 1 amide bonds. The van der Waals surface area contributed by atoms with Crippen LogP contribution in [0.25, 0.3) is 0 Å². The number of benzene rings is 1. The molecule has 0 aliphatic carbocycles. The van der Waals surface area contributed by atoms with Gasteiger partial charge in [-0.25, -0.2) is 21.6 Å². The summed E-state index contributed by atoms with van der Waals surface area (Å²) in [6.45, 7) is 1.96. The van der Waals surface area contributed by atoms with Crippen molar-refractivity contribution in [2.45, 2.75) is 18.2 Å². The number of sulfone groups is 1. The molecule has 0 aliphatic rings. The molecule has 24 heavy (non-hydrogen) atoms. The first-order valence-corrected chi connectivity index (χ1v) is 10.3. The third kappa shape index (κ3) is 7.58. The molecule has 4 N–H and O–H groups in total. The van der Waals surface area contributed by atoms with Crippen LogP contribution in [-0.2, 0) is 24.7 Å². The minimum Gasteiger partial charge on any atom is -0.329 e. The van der Waals surface area contributed by atoms with Crippen LogP contribution in [-0.4, -0.2) is 47.3 Å². The Bertz CT molecular complexity index is 751. The lowest BCUT2D eigenvalue weighted by atomic mass is 10.3. The molecule has 11 heteroatoms. The fourth-order valence-corrected chi connectivity index (χ4v) is 4.13. The summed E-state index contributed by atoms with van der Waals surface area (Å²) in [4.78, 5) is 11.7. The van der Waals surface area contributed by atoms with Crippen LogP contribution in [0.3, 0.4) is 0 Å². The highest BCUT2D eigenvalue weighted by molar-refractivity contribution is 7.92. The molecule has 0 heterocycles. The summed E-state index contributed by atoms with van der Waals surface area (Å²) in [5, 5.41) is 2.39. The molecule has 0 aromatic heterocycles. The van der Waals surface area contributed by atoms with Gasteiger partial charge in [-0.3, -0.25) is 4.79 Å². The Morgan fingerprint density at radius 1 is 1.21 bits per heavy atom. The van der Waals surface area contributed by atoms with E-state index in [1.54, 1.807) is 6.92 Å². The van der Waals surface area contributed by atoms with Gasteiger partial charge in [0, 0.05) is 18.8 Å². The minimum atomic E-state index is -3.72. The zero-order valence-electron chi connectivity index (χ0n) is 13.2. The average Bonchev–Trinajstić information content (AvgIpc) is 2.44. The second kappa shape index (κ2) is 9.94. The fourth-order valence-electron chi connectivity index (χ4n) is 1.80. The third-order valence-corrected chi connectivity index (χ3v) is 5.92. The highest BCUT2D eigenvalue weighted by atomic mass is 35.5. The summed E-state index contributed by atoms with van der Waals surface area (Å²) >= 11 is 0. The predicted octanol–water partition coefficient (Wildman–Crippen LogP) is 0.109. The molecule has 0 unspecified atom stereocenters. The molecular formula is C13H22ClN3O5S2. The summed E-state index contributed by atoms with van der Waals surface area (Å²) < 4.78 is 49.4. The summed E-state index contributed by atoms with van der Waals surface area (Å²) in [5.74, 6) is -1.41. The first kappa shape index (κ1) is 22.8. The van der Waals surface area contributed by atoms with Crippen LogP contribution in [0.2, 0.25) is 0 Å². The highest BCUT2D eigenvalue weighted by Crippen LogP contribution is 2.15. The monoisotopic (exact) mass is 399 g/mol. The van der Waals surface area contributed by atoms with Gasteiger partial charge in [-0.1, -0.05) is 13.0 Å². The van der Waals surface area contributed by atoms with Gasteiger partial charge in [0.15, 0.2) is 9.84 Å². The predicted molar refractivity (Wildman–Crippen MR) is 95.5 cm³/mol. The van der Waals surface area contributed by atoms with Crippen molar-refractivity contribution in [3.8, 4) is 0 Å². The van der Waals surface area contributed by atoms with Gasteiger partial charge >= 0.3 is 0 Å². The van der Waals surface area contributed by atoms with E-state index in [1.807, 2.05) is 0 Å². The molecule has 0 spiro atoms. The van der Waals surface area contributed by atoms with Gasteiger partial charge in [-0.2, -0.15) is 0 Å². The number of nitrogens with one attached hydrogen (secondary N) is 2. The van der Waals surface area contributed by atoms with E-state index in [1.165, 1.54) is 24.3 Å². The Morgan fingerprint density at radius 2 is 1.88 bits per heavy atom. The lowest BCUT2D eigenvalue weighted by Crippen LogP contribution is -2.29. The first-order chi connectivity index (χ1) is 10.7. The molecule has 0 radical (unpaired) electrons. The smallest absolute Gasteiger partial charge is 0.240 e. The Balaban J connectivity index is 0.00000529. The topological polar surface area (TPSA) is 135 Å². The van der Waals surface area contributed by atoms with Crippen molar-refractivity contribution >= 4 is 43.9 Å². The maximum atomic E-state index is 12.0. The van der Waals surface area contributed by atoms with Crippen LogP contribution in [0.5, 0.6) is 0 Å². The Hall–Kier alpha value is -1.20. The van der Waals surface area contributed by atoms with Crippen LogP contribution >= 0.6 is 12.4 Å². The molecule has 138 valence electrons. The van der Waals surface area contributed by atoms with Crippen LogP contribution in [0, 0.1) is 0 Å². The van der Waals surface area contributed by atoms with Crippen LogP contribution < -0.4 is 15.8 Å². The van der Waals surface area contributed by atoms with E-state index in [-0.39, 0.29) is 41.8 Å². The molecule has 1 aromatic carbocycles. The number of halogens is 1. The fraction of sp³-hybridized carbons (Fsp3) is 0.462. The van der Waals surface area contributed by atoms with Gasteiger partial charge in [0.2, 0.25) is 15.9 Å². The van der Waals surface area contributed by atoms with Crippen molar-refractivity contribution in [2.24, 2.45) is 5.73 Å². The van der Waals surface area contributed by atoms with Crippen LogP contribution in [0.1, 0.15) is 13.3 Å². The minimum absolute atomic E-state index is 0. The molecule has 0 saturated carbocycles. The molecule has 0 bridgehead atoms. The highest BCUT2D eigenvalue weighted by Gasteiger charge is 2.17. The van der Waals surface area contributed by atoms with E-state index < -0.39 is 31.5 Å². The third-order valence-electron chi connectivity index (χ3n) is 2.73. The maximum Gasteiger partial charge on any atom is 0.240 e. The molecule has 0 aliphatic heterocycles. The molecule has 1 aromatic rings. The number of amides is 1. The molecule has 8 nitrogen and oxygen atoms in total. The molecule has 1 rings (SSSR count). The second-order valence-electron chi connectivity index (χ2n) is 4.85. The van der Waals surface area contributed by atoms with Gasteiger partial charge in [0.1, 0.15) is 5.75 Å². The van der Waals surface area contributed by atoms with Crippen LogP contribution in [0.15, 0.2) is 29.2 Å². The molecule has 0 saturated heterocycles. The lowest BCUT2D eigenvalue weighted by molar-refractivity contribution is -0.113. The molecule has 0 atom stereocenters. The number of sulfonamides is 1. The van der Waals surface area contributed by atoms with E-state index >= 15 is 0 Å². The van der Waals surface area contributed by atoms with E-state index in [0.717, 1.165) is 0 Å². The number of carbonyl (C=O) groups is 1. The lowest BCUT2D eigenvalue weighted by Gasteiger charge is -2.09. The zero-order chi connectivity index (χ0) is 17.5. The van der Waals surface area contributed by atoms with Gasteiger partial charge in [-0.15, -0.1) is 12.4 Å². The second-order valence-corrected chi connectivity index (χ2v) is 8.81. The van der Waals surface area contributed by atoms with Crippen LogP contribution in [0.4, 0.5) is 5.69 Å². The largest absolute Gasteiger partial charge is 0.329 e. The first-order valence-electron chi connectivity index (χ1n) is 7.00. The number of hydrogen-bond donors (Lipinski definition) is 3. The number of hydrogen-bond acceptors (Lipinski definition) is 6. The van der Waals surface area contributed by atoms with Crippen molar-refractivity contribution in [3.63, 3.8) is 0 Å². The van der Waals surface area contributed by atoms with E-state index in [9.17, 15) is 21.6 Å². The Kier molecular flexibility index (Phi) is 9.45. The van der Waals surface area contributed by atoms with E-state index in [0.29, 0.717) is 6.42 Å². The van der Waals surface area contributed by atoms with Crippen molar-refractivity contribution in [1.29, 1.82) is 0 Å². The number of anilines is 1. The summed E-state index contributed by atoms with van der Waals surface area (Å²) in [5.41, 5.74) is 5.46. The SMILES string of the molecule is CCCS(=O)(=O)CC(=O)Nc1cccc(S(=O)(=O)NCCN)c1.Cl. The van der Waals surface area contributed by atoms with Crippen molar-refractivity contribution in [2.75, 3.05) is 29.9 Å². The van der Waals surface area contributed by atoms with Crippen molar-refractivity contribution < 1.29 is 21.6 Å². The summed E-state index contributed by atoms with van der Waals surface area (Å²) in [6.07, 6.45) is 0.427. The standard InChI is InChI=1S/C13H21N3O5S2.ClH/c1-2-8-22(18,19)10-13(17)16-11-4-3-5-12(9-11)23(20,21)15-7-6-14;/h3-5,9,15H,2,6-8,10,14H2,1H3,(H,16,17);1H. The summed E-state index contributed by atoms with van der Waals surface area (Å²) in [7, 11) is -7.18. The number of nitrogens with two attached hydrogens (primary N) is 1. The average molecular weight is 400 g/mol. The van der Waals surface area contributed by atoms with Crippen molar-refractivity contribution in [1.82, 2.24) is 4.72 Å². The Labute approximate surface area is 148 Å². The van der Waals surface area contributed by atoms with Gasteiger partial charge < -0.3 is 11.1 Å². The van der Waals surface area contributed by atoms with Gasteiger partial charge in [-0.05, 0) is 24.6 Å². The number of rotatable bonds is 9. The van der Waals surface area contributed by atoms with E-state index in [4.69, 9.17) is 5.73 Å². The summed E-state index contributed by atoms with van der Waals surface area (Å²) in [6, 6.07) is 5.55. The Morgan fingerprint density at radius 3 is 2.46 bits per heavy atom. The zero-order valence-corrected chi connectivity index (χ0v) is 15.6. The van der Waals surface area contributed by atoms with Gasteiger partial charge in [0.25, 0.3) is 0 Å². The normalized spacial score (nSPS) is 11.6. The van der Waals surface area contributed by atoms with Crippen molar-refractivity contribution in [3.05, 3.63) is 24.3 Å². The van der Waals surface area contributed by atoms with Gasteiger partial charge in [0.05, 0.1) is 10.6 Å². The molecule has 0 fully saturated rings.